The third kappa shape index (κ3) is 4.78. The zero-order valence-electron chi connectivity index (χ0n) is 18.1. The van der Waals surface area contributed by atoms with E-state index in [4.69, 9.17) is 4.74 Å². The van der Waals surface area contributed by atoms with Crippen molar-refractivity contribution in [3.05, 3.63) is 76.4 Å². The number of rotatable bonds is 6. The predicted octanol–water partition coefficient (Wildman–Crippen LogP) is 3.78. The van der Waals surface area contributed by atoms with Crippen molar-refractivity contribution < 1.29 is 18.7 Å². The number of amides is 2. The van der Waals surface area contributed by atoms with Crippen molar-refractivity contribution in [3.8, 4) is 0 Å². The number of morpholine rings is 1. The third-order valence-corrected chi connectivity index (χ3v) is 6.68. The summed E-state index contributed by atoms with van der Waals surface area (Å²) >= 11 is 1.22. The van der Waals surface area contributed by atoms with Gasteiger partial charge in [-0.3, -0.25) is 14.7 Å². The van der Waals surface area contributed by atoms with E-state index in [1.165, 1.54) is 23.5 Å². The molecule has 0 atom stereocenters. The quantitative estimate of drug-likeness (QED) is 0.391. The average molecular weight is 480 g/mol. The van der Waals surface area contributed by atoms with Crippen LogP contribution < -0.4 is 15.5 Å². The number of aromatic nitrogens is 2. The van der Waals surface area contributed by atoms with Crippen LogP contribution in [-0.4, -0.2) is 48.3 Å². The van der Waals surface area contributed by atoms with Gasteiger partial charge in [0.05, 0.1) is 28.3 Å². The first kappa shape index (κ1) is 22.1. The number of benzene rings is 2. The number of thiophene rings is 1. The molecule has 10 heteroatoms. The maximum atomic E-state index is 13.3. The molecular formula is C24H22FN5O3S. The minimum atomic E-state index is -0.349. The molecule has 0 spiro atoms. The molecule has 1 saturated heterocycles. The summed E-state index contributed by atoms with van der Waals surface area (Å²) < 4.78 is 19.4. The van der Waals surface area contributed by atoms with Gasteiger partial charge in [0.1, 0.15) is 5.82 Å². The van der Waals surface area contributed by atoms with E-state index in [0.29, 0.717) is 45.3 Å². The lowest BCUT2D eigenvalue weighted by atomic mass is 10.1. The van der Waals surface area contributed by atoms with Gasteiger partial charge in [0, 0.05) is 30.9 Å². The van der Waals surface area contributed by atoms with E-state index in [1.807, 2.05) is 12.1 Å². The van der Waals surface area contributed by atoms with E-state index in [1.54, 1.807) is 30.3 Å². The van der Waals surface area contributed by atoms with Gasteiger partial charge < -0.3 is 20.3 Å². The highest BCUT2D eigenvalue weighted by Gasteiger charge is 2.18. The number of nitrogens with one attached hydrogen (secondary N) is 3. The standard InChI is InChI=1S/C24H22FN5O3S/c25-17-3-1-2-15(12-17)14-26-24(32)20-13-19-21(34-20)22(29-28-19)27-23(31)16-4-6-18(7-5-16)30-8-10-33-11-9-30/h1-7,12-13H,8-11,14H2,(H,26,32)(H2,27,28,29,31). The number of hydrogen-bond donors (Lipinski definition) is 3. The number of H-pyrrole nitrogens is 1. The van der Waals surface area contributed by atoms with E-state index < -0.39 is 0 Å². The molecule has 3 N–H and O–H groups in total. The first-order chi connectivity index (χ1) is 16.6. The Morgan fingerprint density at radius 2 is 1.88 bits per heavy atom. The zero-order chi connectivity index (χ0) is 23.5. The molecule has 1 aliphatic heterocycles. The first-order valence-corrected chi connectivity index (χ1v) is 11.6. The maximum Gasteiger partial charge on any atom is 0.261 e. The van der Waals surface area contributed by atoms with Crippen molar-refractivity contribution in [3.63, 3.8) is 0 Å². The normalized spacial score (nSPS) is 13.7. The van der Waals surface area contributed by atoms with Crippen LogP contribution in [0.3, 0.4) is 0 Å². The number of anilines is 2. The van der Waals surface area contributed by atoms with E-state index >= 15 is 0 Å². The lowest BCUT2D eigenvalue weighted by Gasteiger charge is -2.28. The molecule has 3 heterocycles. The zero-order valence-corrected chi connectivity index (χ0v) is 19.0. The number of nitrogens with zero attached hydrogens (tertiary/aromatic N) is 2. The summed E-state index contributed by atoms with van der Waals surface area (Å²) in [5.41, 5.74) is 2.88. The molecule has 2 amide bonds. The summed E-state index contributed by atoms with van der Waals surface area (Å²) in [7, 11) is 0. The summed E-state index contributed by atoms with van der Waals surface area (Å²) in [6.45, 7) is 3.26. The minimum Gasteiger partial charge on any atom is -0.378 e. The van der Waals surface area contributed by atoms with Crippen LogP contribution in [0.25, 0.3) is 10.2 Å². The van der Waals surface area contributed by atoms with Crippen LogP contribution in [0, 0.1) is 5.82 Å². The van der Waals surface area contributed by atoms with E-state index in [-0.39, 0.29) is 24.2 Å². The average Bonchev–Trinajstić information content (AvgIpc) is 3.45. The lowest BCUT2D eigenvalue weighted by molar-refractivity contribution is 0.0954. The number of carbonyl (C=O) groups is 2. The summed E-state index contributed by atoms with van der Waals surface area (Å²) in [6.07, 6.45) is 0. The minimum absolute atomic E-state index is 0.213. The Balaban J connectivity index is 1.24. The van der Waals surface area contributed by atoms with Crippen molar-refractivity contribution in [2.45, 2.75) is 6.54 Å². The molecule has 4 aromatic rings. The molecule has 0 aliphatic carbocycles. The highest BCUT2D eigenvalue weighted by atomic mass is 32.1. The lowest BCUT2D eigenvalue weighted by Crippen LogP contribution is -2.36. The van der Waals surface area contributed by atoms with Crippen LogP contribution in [-0.2, 0) is 11.3 Å². The van der Waals surface area contributed by atoms with E-state index in [9.17, 15) is 14.0 Å². The van der Waals surface area contributed by atoms with Gasteiger partial charge in [0.25, 0.3) is 11.8 Å². The molecular weight excluding hydrogens is 457 g/mol. The number of fused-ring (bicyclic) bond motifs is 1. The van der Waals surface area contributed by atoms with Crippen molar-refractivity contribution in [2.75, 3.05) is 36.5 Å². The van der Waals surface area contributed by atoms with Crippen molar-refractivity contribution in [1.82, 2.24) is 15.5 Å². The second-order valence-corrected chi connectivity index (χ2v) is 8.89. The monoisotopic (exact) mass is 479 g/mol. The van der Waals surface area contributed by atoms with Gasteiger partial charge in [-0.1, -0.05) is 12.1 Å². The number of hydrogen-bond acceptors (Lipinski definition) is 6. The van der Waals surface area contributed by atoms with Crippen molar-refractivity contribution in [2.24, 2.45) is 0 Å². The molecule has 34 heavy (non-hydrogen) atoms. The Hall–Kier alpha value is -3.76. The number of ether oxygens (including phenoxy) is 1. The first-order valence-electron chi connectivity index (χ1n) is 10.8. The number of halogens is 1. The molecule has 8 nitrogen and oxygen atoms in total. The summed E-state index contributed by atoms with van der Waals surface area (Å²) in [5.74, 6) is -0.549. The fourth-order valence-corrected chi connectivity index (χ4v) is 4.72. The van der Waals surface area contributed by atoms with Gasteiger partial charge in [0.2, 0.25) is 0 Å². The highest BCUT2D eigenvalue weighted by molar-refractivity contribution is 7.21. The summed E-state index contributed by atoms with van der Waals surface area (Å²) in [5, 5.41) is 12.6. The number of carbonyl (C=O) groups excluding carboxylic acids is 2. The number of aromatic amines is 1. The third-order valence-electron chi connectivity index (χ3n) is 5.54. The van der Waals surface area contributed by atoms with Crippen molar-refractivity contribution in [1.29, 1.82) is 0 Å². The van der Waals surface area contributed by atoms with Gasteiger partial charge in [-0.05, 0) is 48.0 Å². The summed E-state index contributed by atoms with van der Waals surface area (Å²) in [4.78, 5) is 28.0. The maximum absolute atomic E-state index is 13.3. The summed E-state index contributed by atoms with van der Waals surface area (Å²) in [6, 6.07) is 15.2. The van der Waals surface area contributed by atoms with Crippen LogP contribution in [0.4, 0.5) is 15.9 Å². The Kier molecular flexibility index (Phi) is 6.24. The van der Waals surface area contributed by atoms with Crippen LogP contribution in [0.15, 0.2) is 54.6 Å². The Morgan fingerprint density at radius 3 is 2.65 bits per heavy atom. The highest BCUT2D eigenvalue weighted by Crippen LogP contribution is 2.30. The second kappa shape index (κ2) is 9.62. The Bertz CT molecular complexity index is 1330. The second-order valence-electron chi connectivity index (χ2n) is 7.84. The fourth-order valence-electron chi connectivity index (χ4n) is 3.75. The van der Waals surface area contributed by atoms with Crippen LogP contribution >= 0.6 is 11.3 Å². The van der Waals surface area contributed by atoms with Gasteiger partial charge in [-0.2, -0.15) is 5.10 Å². The van der Waals surface area contributed by atoms with Crippen LogP contribution in [0.2, 0.25) is 0 Å². The van der Waals surface area contributed by atoms with Gasteiger partial charge in [-0.15, -0.1) is 11.3 Å². The predicted molar refractivity (Wildman–Crippen MR) is 129 cm³/mol. The molecule has 2 aromatic carbocycles. The topological polar surface area (TPSA) is 99.3 Å². The Labute approximate surface area is 198 Å². The molecule has 1 aliphatic rings. The molecule has 174 valence electrons. The van der Waals surface area contributed by atoms with Gasteiger partial charge in [0.15, 0.2) is 5.82 Å². The largest absolute Gasteiger partial charge is 0.378 e. The molecule has 0 radical (unpaired) electrons. The van der Waals surface area contributed by atoms with E-state index in [0.717, 1.165) is 18.8 Å². The van der Waals surface area contributed by atoms with Crippen LogP contribution in [0.1, 0.15) is 25.6 Å². The Morgan fingerprint density at radius 1 is 1.09 bits per heavy atom. The van der Waals surface area contributed by atoms with E-state index in [2.05, 4.69) is 25.7 Å². The molecule has 0 saturated carbocycles. The van der Waals surface area contributed by atoms with Gasteiger partial charge >= 0.3 is 0 Å². The molecule has 2 aromatic heterocycles. The molecule has 0 unspecified atom stereocenters. The smallest absolute Gasteiger partial charge is 0.261 e. The molecule has 1 fully saturated rings. The SMILES string of the molecule is O=C(Nc1n[nH]c2cc(C(=O)NCc3cccc(F)c3)sc12)c1ccc(N2CCOCC2)cc1. The fraction of sp³-hybridized carbons (Fsp3) is 0.208. The molecule has 0 bridgehead atoms. The van der Waals surface area contributed by atoms with Crippen LogP contribution in [0.5, 0.6) is 0 Å². The van der Waals surface area contributed by atoms with Crippen molar-refractivity contribution >= 4 is 44.9 Å². The van der Waals surface area contributed by atoms with Gasteiger partial charge in [-0.25, -0.2) is 4.39 Å². The molecule has 5 rings (SSSR count).